The van der Waals surface area contributed by atoms with Crippen LogP contribution < -0.4 is 20.1 Å². The van der Waals surface area contributed by atoms with Gasteiger partial charge in [0, 0.05) is 30.5 Å². The molecule has 0 amide bonds. The van der Waals surface area contributed by atoms with E-state index in [1.54, 1.807) is 7.11 Å². The molecule has 3 atom stereocenters. The molecule has 0 aromatic heterocycles. The maximum Gasteiger partial charge on any atom is 0.191 e. The van der Waals surface area contributed by atoms with Crippen LogP contribution in [0, 0.1) is 11.3 Å². The molecule has 0 bridgehead atoms. The highest BCUT2D eigenvalue weighted by Crippen LogP contribution is 2.52. The first kappa shape index (κ1) is 22.1. The zero-order chi connectivity index (χ0) is 18.6. The third-order valence-electron chi connectivity index (χ3n) is 5.43. The third-order valence-corrected chi connectivity index (χ3v) is 5.43. The third kappa shape index (κ3) is 4.99. The molecule has 1 aliphatic heterocycles. The summed E-state index contributed by atoms with van der Waals surface area (Å²) in [6.45, 7) is 9.47. The minimum absolute atomic E-state index is 0. The molecule has 2 fully saturated rings. The molecule has 0 spiro atoms. The number of halogens is 1. The van der Waals surface area contributed by atoms with Gasteiger partial charge in [0.1, 0.15) is 18.1 Å². The summed E-state index contributed by atoms with van der Waals surface area (Å²) in [6.07, 6.45) is 1.51. The molecule has 27 heavy (non-hydrogen) atoms. The lowest BCUT2D eigenvalue weighted by Crippen LogP contribution is -2.68. The van der Waals surface area contributed by atoms with E-state index in [1.165, 1.54) is 0 Å². The first-order valence-electron chi connectivity index (χ1n) is 9.49. The molecule has 0 radical (unpaired) electrons. The van der Waals surface area contributed by atoms with E-state index in [4.69, 9.17) is 14.2 Å². The van der Waals surface area contributed by atoms with E-state index >= 15 is 0 Å². The van der Waals surface area contributed by atoms with Crippen molar-refractivity contribution in [3.8, 4) is 11.5 Å². The minimum Gasteiger partial charge on any atom is -0.497 e. The van der Waals surface area contributed by atoms with Crippen molar-refractivity contribution in [1.82, 2.24) is 10.6 Å². The largest absolute Gasteiger partial charge is 0.497 e. The van der Waals surface area contributed by atoms with Crippen molar-refractivity contribution in [1.29, 1.82) is 0 Å². The van der Waals surface area contributed by atoms with Gasteiger partial charge in [-0.3, -0.25) is 0 Å². The van der Waals surface area contributed by atoms with Crippen LogP contribution in [0.2, 0.25) is 0 Å². The van der Waals surface area contributed by atoms with Crippen LogP contribution in [0.5, 0.6) is 11.5 Å². The van der Waals surface area contributed by atoms with Crippen LogP contribution in [-0.2, 0) is 4.74 Å². The molecule has 7 heteroatoms. The second-order valence-corrected chi connectivity index (χ2v) is 7.47. The number of fused-ring (bicyclic) bond motifs is 1. The molecular formula is C20H32IN3O3. The molecule has 1 aliphatic carbocycles. The Morgan fingerprint density at radius 1 is 1.26 bits per heavy atom. The minimum atomic E-state index is 0. The number of hydrogen-bond donors (Lipinski definition) is 2. The molecule has 1 aromatic carbocycles. The van der Waals surface area contributed by atoms with Crippen molar-refractivity contribution in [2.75, 3.05) is 33.4 Å². The smallest absolute Gasteiger partial charge is 0.191 e. The fourth-order valence-electron chi connectivity index (χ4n) is 4.08. The average Bonchev–Trinajstić information content (AvgIpc) is 3.10. The fraction of sp³-hybridized carbons (Fsp3) is 0.650. The number of ether oxygens (including phenoxy) is 3. The summed E-state index contributed by atoms with van der Waals surface area (Å²) in [4.78, 5) is 4.67. The van der Waals surface area contributed by atoms with Gasteiger partial charge in [-0.25, -0.2) is 4.99 Å². The topological polar surface area (TPSA) is 64.1 Å². The Bertz CT molecular complexity index is 621. The second kappa shape index (κ2) is 9.82. The molecular weight excluding hydrogens is 457 g/mol. The number of guanidine groups is 1. The number of nitrogens with zero attached hydrogens (tertiary/aromatic N) is 1. The van der Waals surface area contributed by atoms with Crippen LogP contribution in [0.1, 0.15) is 27.2 Å². The SMILES string of the molecule is CCNC(=NCCOc1ccc(OC)cc1)NC1C2CCOC2C1(C)C.I. The van der Waals surface area contributed by atoms with Gasteiger partial charge in [0.15, 0.2) is 5.96 Å². The molecule has 2 N–H and O–H groups in total. The number of rotatable bonds is 7. The lowest BCUT2D eigenvalue weighted by Gasteiger charge is -2.54. The van der Waals surface area contributed by atoms with Crippen LogP contribution in [0.4, 0.5) is 0 Å². The summed E-state index contributed by atoms with van der Waals surface area (Å²) < 4.78 is 16.8. The molecule has 1 saturated heterocycles. The zero-order valence-electron chi connectivity index (χ0n) is 16.7. The zero-order valence-corrected chi connectivity index (χ0v) is 19.0. The number of aliphatic imine (C=N–C) groups is 1. The van der Waals surface area contributed by atoms with Crippen molar-refractivity contribution in [3.63, 3.8) is 0 Å². The highest BCUT2D eigenvalue weighted by atomic mass is 127. The van der Waals surface area contributed by atoms with Crippen LogP contribution in [0.25, 0.3) is 0 Å². The number of nitrogens with one attached hydrogen (secondary N) is 2. The van der Waals surface area contributed by atoms with E-state index in [0.29, 0.717) is 31.2 Å². The quantitative estimate of drug-likeness (QED) is 0.267. The molecule has 3 rings (SSSR count). The van der Waals surface area contributed by atoms with Crippen LogP contribution >= 0.6 is 24.0 Å². The van der Waals surface area contributed by atoms with E-state index < -0.39 is 0 Å². The van der Waals surface area contributed by atoms with E-state index in [1.807, 2.05) is 24.3 Å². The van der Waals surface area contributed by atoms with Gasteiger partial charge in [0.2, 0.25) is 0 Å². The van der Waals surface area contributed by atoms with Gasteiger partial charge in [-0.2, -0.15) is 0 Å². The van der Waals surface area contributed by atoms with E-state index in [0.717, 1.165) is 37.0 Å². The molecule has 3 unspecified atom stereocenters. The Balaban J connectivity index is 0.00000261. The molecule has 2 aliphatic rings. The van der Waals surface area contributed by atoms with E-state index in [2.05, 4.69) is 36.4 Å². The highest BCUT2D eigenvalue weighted by Gasteiger charge is 2.59. The normalized spacial score (nSPS) is 25.6. The van der Waals surface area contributed by atoms with Gasteiger partial charge >= 0.3 is 0 Å². The van der Waals surface area contributed by atoms with Gasteiger partial charge in [0.05, 0.1) is 19.8 Å². The first-order chi connectivity index (χ1) is 12.6. The Labute approximate surface area is 179 Å². The van der Waals surface area contributed by atoms with E-state index in [-0.39, 0.29) is 29.4 Å². The van der Waals surface area contributed by atoms with Gasteiger partial charge in [-0.15, -0.1) is 24.0 Å². The van der Waals surface area contributed by atoms with Gasteiger partial charge in [0.25, 0.3) is 0 Å². The summed E-state index contributed by atoms with van der Waals surface area (Å²) in [5, 5.41) is 6.96. The van der Waals surface area contributed by atoms with Gasteiger partial charge in [-0.1, -0.05) is 13.8 Å². The summed E-state index contributed by atoms with van der Waals surface area (Å²) >= 11 is 0. The standard InChI is InChI=1S/C20H31N3O3.HI/c1-5-21-19(23-17-16-10-12-26-18(16)20(17,2)3)22-11-13-25-15-8-6-14(24-4)7-9-15;/h6-9,16-18H,5,10-13H2,1-4H3,(H2,21,22,23);1H. The number of methoxy groups -OCH3 is 1. The predicted octanol–water partition coefficient (Wildman–Crippen LogP) is 3.06. The lowest BCUT2D eigenvalue weighted by atomic mass is 9.57. The molecule has 1 heterocycles. The number of benzene rings is 1. The summed E-state index contributed by atoms with van der Waals surface area (Å²) in [7, 11) is 1.66. The predicted molar refractivity (Wildman–Crippen MR) is 118 cm³/mol. The Hall–Kier alpha value is -1.22. The average molecular weight is 489 g/mol. The van der Waals surface area contributed by atoms with Crippen molar-refractivity contribution in [2.45, 2.75) is 39.3 Å². The lowest BCUT2D eigenvalue weighted by molar-refractivity contribution is -0.106. The highest BCUT2D eigenvalue weighted by molar-refractivity contribution is 14.0. The summed E-state index contributed by atoms with van der Waals surface area (Å²) in [5.41, 5.74) is 0.136. The fourth-order valence-corrected chi connectivity index (χ4v) is 4.08. The summed E-state index contributed by atoms with van der Waals surface area (Å²) in [5.74, 6) is 3.09. The van der Waals surface area contributed by atoms with Crippen molar-refractivity contribution in [3.05, 3.63) is 24.3 Å². The number of hydrogen-bond acceptors (Lipinski definition) is 4. The van der Waals surface area contributed by atoms with Crippen LogP contribution in [-0.4, -0.2) is 51.5 Å². The van der Waals surface area contributed by atoms with Crippen molar-refractivity contribution >= 4 is 29.9 Å². The maximum absolute atomic E-state index is 5.87. The van der Waals surface area contributed by atoms with Crippen LogP contribution in [0.3, 0.4) is 0 Å². The molecule has 152 valence electrons. The van der Waals surface area contributed by atoms with E-state index in [9.17, 15) is 0 Å². The summed E-state index contributed by atoms with van der Waals surface area (Å²) in [6, 6.07) is 7.99. The Kier molecular flexibility index (Phi) is 8.03. The van der Waals surface area contributed by atoms with Crippen molar-refractivity contribution < 1.29 is 14.2 Å². The molecule has 6 nitrogen and oxygen atoms in total. The maximum atomic E-state index is 5.87. The Morgan fingerprint density at radius 3 is 2.63 bits per heavy atom. The van der Waals surface area contributed by atoms with Gasteiger partial charge in [-0.05, 0) is 37.6 Å². The molecule has 1 saturated carbocycles. The van der Waals surface area contributed by atoms with Crippen molar-refractivity contribution in [2.24, 2.45) is 16.3 Å². The second-order valence-electron chi connectivity index (χ2n) is 7.47. The first-order valence-corrected chi connectivity index (χ1v) is 9.49. The molecule has 1 aromatic rings. The Morgan fingerprint density at radius 2 is 1.96 bits per heavy atom. The van der Waals surface area contributed by atoms with Gasteiger partial charge < -0.3 is 24.8 Å². The monoisotopic (exact) mass is 489 g/mol. The van der Waals surface area contributed by atoms with Crippen LogP contribution in [0.15, 0.2) is 29.3 Å².